The molecule has 1 N–H and O–H groups in total. The summed E-state index contributed by atoms with van der Waals surface area (Å²) in [5.41, 5.74) is 2.06. The maximum absolute atomic E-state index is 14.4. The zero-order chi connectivity index (χ0) is 21.1. The lowest BCUT2D eigenvalue weighted by Crippen LogP contribution is -2.41. The second-order valence-corrected chi connectivity index (χ2v) is 8.00. The Balaban J connectivity index is 1.50. The molecule has 0 spiro atoms. The van der Waals surface area contributed by atoms with Crippen molar-refractivity contribution in [1.29, 1.82) is 0 Å². The van der Waals surface area contributed by atoms with Crippen molar-refractivity contribution in [3.05, 3.63) is 77.4 Å². The molecule has 30 heavy (non-hydrogen) atoms. The number of likely N-dealkylation sites (tertiary alicyclic amines) is 1. The Labute approximate surface area is 175 Å². The minimum absolute atomic E-state index is 0.0686. The molecular weight excluding hydrogens is 386 g/mol. The van der Waals surface area contributed by atoms with Gasteiger partial charge in [0, 0.05) is 38.2 Å². The van der Waals surface area contributed by atoms with Crippen LogP contribution in [0.5, 0.6) is 0 Å². The number of carbonyl (C=O) groups excluding carboxylic acids is 1. The number of carbonyl (C=O) groups is 1. The molecule has 2 heterocycles. The summed E-state index contributed by atoms with van der Waals surface area (Å²) in [5.74, 6) is -0.845. The summed E-state index contributed by atoms with van der Waals surface area (Å²) in [6, 6.07) is 13.3. The first-order valence-corrected chi connectivity index (χ1v) is 10.4. The third-order valence-corrected chi connectivity index (χ3v) is 5.97. The summed E-state index contributed by atoms with van der Waals surface area (Å²) in [7, 11) is 0. The van der Waals surface area contributed by atoms with E-state index < -0.39 is 11.6 Å². The number of halogens is 2. The highest BCUT2D eigenvalue weighted by Crippen LogP contribution is 2.35. The first kappa shape index (κ1) is 20.7. The van der Waals surface area contributed by atoms with Gasteiger partial charge in [-0.2, -0.15) is 0 Å². The predicted molar refractivity (Wildman–Crippen MR) is 112 cm³/mol. The van der Waals surface area contributed by atoms with Crippen LogP contribution in [0.15, 0.2) is 54.6 Å². The number of benzene rings is 2. The average molecular weight is 412 g/mol. The number of amides is 1. The van der Waals surface area contributed by atoms with Crippen molar-refractivity contribution in [1.82, 2.24) is 9.80 Å². The molecule has 1 saturated heterocycles. The third-order valence-electron chi connectivity index (χ3n) is 5.97. The van der Waals surface area contributed by atoms with Gasteiger partial charge < -0.3 is 10.0 Å². The third kappa shape index (κ3) is 4.60. The summed E-state index contributed by atoms with van der Waals surface area (Å²) in [6.45, 7) is 2.14. The average Bonchev–Trinajstić information content (AvgIpc) is 3.19. The maximum atomic E-state index is 14.4. The lowest BCUT2D eigenvalue weighted by atomic mass is 10.0. The molecule has 2 aliphatic rings. The van der Waals surface area contributed by atoms with Crippen LogP contribution in [0, 0.1) is 11.6 Å². The number of piperidine rings is 1. The van der Waals surface area contributed by atoms with Crippen LogP contribution in [0.3, 0.4) is 0 Å². The molecule has 6 heteroatoms. The molecule has 0 saturated carbocycles. The first-order valence-electron chi connectivity index (χ1n) is 10.4. The minimum atomic E-state index is -0.468. The van der Waals surface area contributed by atoms with Crippen molar-refractivity contribution in [2.45, 2.75) is 31.4 Å². The molecule has 2 aliphatic heterocycles. The van der Waals surface area contributed by atoms with Gasteiger partial charge in [-0.3, -0.25) is 9.69 Å². The Hall–Kier alpha value is -2.57. The summed E-state index contributed by atoms with van der Waals surface area (Å²) in [4.78, 5) is 16.6. The van der Waals surface area contributed by atoms with E-state index >= 15 is 0 Å². The van der Waals surface area contributed by atoms with E-state index in [2.05, 4.69) is 4.90 Å². The second kappa shape index (κ2) is 9.06. The fraction of sp³-hybridized carbons (Fsp3) is 0.375. The van der Waals surface area contributed by atoms with Gasteiger partial charge in [-0.25, -0.2) is 8.78 Å². The van der Waals surface area contributed by atoms with E-state index in [1.165, 1.54) is 6.07 Å². The number of hydrogen-bond donors (Lipinski definition) is 1. The molecule has 1 fully saturated rings. The van der Waals surface area contributed by atoms with Crippen LogP contribution >= 0.6 is 0 Å². The Bertz CT molecular complexity index is 924. The molecule has 0 aliphatic carbocycles. The molecule has 0 bridgehead atoms. The predicted octanol–water partition coefficient (Wildman–Crippen LogP) is 3.78. The van der Waals surface area contributed by atoms with Crippen LogP contribution in [0.4, 0.5) is 8.78 Å². The number of aliphatic hydroxyl groups excluding tert-OH is 1. The molecule has 1 amide bonds. The monoisotopic (exact) mass is 412 g/mol. The van der Waals surface area contributed by atoms with Crippen molar-refractivity contribution in [2.24, 2.45) is 0 Å². The molecule has 4 rings (SSSR count). The fourth-order valence-corrected chi connectivity index (χ4v) is 4.27. The molecule has 2 aromatic rings. The SMILES string of the molecule is O=C(CCN1CC(c2cc(F)ccc2F)=C[C@H]1c1ccccc1)N1CCC(O)CC1. The van der Waals surface area contributed by atoms with Crippen molar-refractivity contribution in [3.8, 4) is 0 Å². The molecule has 4 nitrogen and oxygen atoms in total. The van der Waals surface area contributed by atoms with E-state index in [-0.39, 0.29) is 23.6 Å². The minimum Gasteiger partial charge on any atom is -0.393 e. The molecular formula is C24H26F2N2O2. The lowest BCUT2D eigenvalue weighted by molar-refractivity contribution is -0.133. The topological polar surface area (TPSA) is 43.8 Å². The van der Waals surface area contributed by atoms with Crippen LogP contribution < -0.4 is 0 Å². The lowest BCUT2D eigenvalue weighted by Gasteiger charge is -2.31. The molecule has 1 atom stereocenters. The Morgan fingerprint density at radius 1 is 1.07 bits per heavy atom. The Morgan fingerprint density at radius 2 is 1.80 bits per heavy atom. The summed E-state index contributed by atoms with van der Waals surface area (Å²) >= 11 is 0. The summed E-state index contributed by atoms with van der Waals surface area (Å²) < 4.78 is 28.1. The van der Waals surface area contributed by atoms with Gasteiger partial charge in [-0.15, -0.1) is 0 Å². The van der Waals surface area contributed by atoms with Gasteiger partial charge in [-0.05, 0) is 42.2 Å². The van der Waals surface area contributed by atoms with Crippen molar-refractivity contribution in [3.63, 3.8) is 0 Å². The zero-order valence-electron chi connectivity index (χ0n) is 16.8. The van der Waals surface area contributed by atoms with Gasteiger partial charge in [0.25, 0.3) is 0 Å². The van der Waals surface area contributed by atoms with Crippen LogP contribution in [-0.2, 0) is 4.79 Å². The van der Waals surface area contributed by atoms with E-state index in [1.54, 1.807) is 4.90 Å². The highest BCUT2D eigenvalue weighted by molar-refractivity contribution is 5.77. The van der Waals surface area contributed by atoms with E-state index in [9.17, 15) is 18.7 Å². The number of hydrogen-bond acceptors (Lipinski definition) is 3. The molecule has 158 valence electrons. The van der Waals surface area contributed by atoms with Gasteiger partial charge in [-0.1, -0.05) is 36.4 Å². The zero-order valence-corrected chi connectivity index (χ0v) is 16.8. The van der Waals surface area contributed by atoms with Gasteiger partial charge >= 0.3 is 0 Å². The van der Waals surface area contributed by atoms with Gasteiger partial charge in [0.05, 0.1) is 12.1 Å². The van der Waals surface area contributed by atoms with Gasteiger partial charge in [0.15, 0.2) is 0 Å². The van der Waals surface area contributed by atoms with E-state index in [0.717, 1.165) is 23.3 Å². The quantitative estimate of drug-likeness (QED) is 0.813. The van der Waals surface area contributed by atoms with Crippen LogP contribution in [0.25, 0.3) is 5.57 Å². The van der Waals surface area contributed by atoms with Crippen LogP contribution in [0.2, 0.25) is 0 Å². The van der Waals surface area contributed by atoms with E-state index in [4.69, 9.17) is 0 Å². The van der Waals surface area contributed by atoms with Crippen molar-refractivity contribution >= 4 is 11.5 Å². The summed E-state index contributed by atoms with van der Waals surface area (Å²) in [6.07, 6.45) is 3.24. The highest BCUT2D eigenvalue weighted by Gasteiger charge is 2.29. The summed E-state index contributed by atoms with van der Waals surface area (Å²) in [5, 5.41) is 9.64. The second-order valence-electron chi connectivity index (χ2n) is 8.00. The number of aliphatic hydroxyl groups is 1. The van der Waals surface area contributed by atoms with E-state index in [0.29, 0.717) is 45.4 Å². The Kier molecular flexibility index (Phi) is 6.25. The van der Waals surface area contributed by atoms with Gasteiger partial charge in [0.2, 0.25) is 5.91 Å². The Morgan fingerprint density at radius 3 is 2.53 bits per heavy atom. The van der Waals surface area contributed by atoms with Crippen LogP contribution in [-0.4, -0.2) is 53.1 Å². The standard InChI is InChI=1S/C24H26F2N2O2/c25-19-6-7-22(26)21(15-19)18-14-23(17-4-2-1-3-5-17)28(16-18)13-10-24(30)27-11-8-20(29)9-12-27/h1-7,14-15,20,23,29H,8-13,16H2/t23-/m0/s1. The highest BCUT2D eigenvalue weighted by atomic mass is 19.1. The number of nitrogens with zero attached hydrogens (tertiary/aromatic N) is 2. The van der Waals surface area contributed by atoms with Crippen molar-refractivity contribution < 1.29 is 18.7 Å². The van der Waals surface area contributed by atoms with Crippen molar-refractivity contribution in [2.75, 3.05) is 26.2 Å². The van der Waals surface area contributed by atoms with E-state index in [1.807, 2.05) is 36.4 Å². The largest absolute Gasteiger partial charge is 0.393 e. The molecule has 0 aromatic heterocycles. The molecule has 2 aromatic carbocycles. The molecule has 0 radical (unpaired) electrons. The smallest absolute Gasteiger partial charge is 0.223 e. The van der Waals surface area contributed by atoms with Gasteiger partial charge in [0.1, 0.15) is 11.6 Å². The maximum Gasteiger partial charge on any atom is 0.223 e. The first-order chi connectivity index (χ1) is 14.5. The molecule has 0 unspecified atom stereocenters. The number of rotatable bonds is 5. The fourth-order valence-electron chi connectivity index (χ4n) is 4.27. The normalized spacial score (nSPS) is 20.4. The van der Waals surface area contributed by atoms with Crippen LogP contribution in [0.1, 0.15) is 36.4 Å².